The Balaban J connectivity index is 0.000000533. The Labute approximate surface area is 222 Å². The predicted molar refractivity (Wildman–Crippen MR) is 167 cm³/mol. The molecule has 0 unspecified atom stereocenters. The summed E-state index contributed by atoms with van der Waals surface area (Å²) in [5.74, 6) is 0. The molecular formula is C36H48. The molecule has 3 rings (SSSR count). The van der Waals surface area contributed by atoms with E-state index in [-0.39, 0.29) is 5.41 Å². The molecule has 0 spiro atoms. The van der Waals surface area contributed by atoms with Gasteiger partial charge < -0.3 is 0 Å². The second-order valence-electron chi connectivity index (χ2n) is 9.57. The zero-order chi connectivity index (χ0) is 27.7. The second-order valence-corrected chi connectivity index (χ2v) is 9.57. The van der Waals surface area contributed by atoms with Gasteiger partial charge in [-0.25, -0.2) is 0 Å². The molecule has 0 atom stereocenters. The van der Waals surface area contributed by atoms with Crippen molar-refractivity contribution in [2.24, 2.45) is 0 Å². The molecular weight excluding hydrogens is 432 g/mol. The van der Waals surface area contributed by atoms with Gasteiger partial charge in [0.15, 0.2) is 0 Å². The first-order valence-electron chi connectivity index (χ1n) is 12.8. The summed E-state index contributed by atoms with van der Waals surface area (Å²) in [6.45, 7) is 30.2. The van der Waals surface area contributed by atoms with E-state index in [1.807, 2.05) is 59.8 Å². The third kappa shape index (κ3) is 12.4. The van der Waals surface area contributed by atoms with Crippen LogP contribution in [0.1, 0.15) is 79.0 Å². The quantitative estimate of drug-likeness (QED) is 0.326. The number of hydrogen-bond acceptors (Lipinski definition) is 0. The largest absolute Gasteiger partial charge is 0.0988 e. The van der Waals surface area contributed by atoms with Crippen LogP contribution in [0.15, 0.2) is 116 Å². The Morgan fingerprint density at radius 2 is 1.03 bits per heavy atom. The average molecular weight is 481 g/mol. The number of allylic oxidation sites excluding steroid dienone is 5. The summed E-state index contributed by atoms with van der Waals surface area (Å²) < 4.78 is 0. The van der Waals surface area contributed by atoms with Crippen molar-refractivity contribution < 1.29 is 0 Å². The molecule has 0 fully saturated rings. The molecule has 0 heterocycles. The third-order valence-corrected chi connectivity index (χ3v) is 5.51. The van der Waals surface area contributed by atoms with Crippen LogP contribution in [-0.2, 0) is 5.41 Å². The Morgan fingerprint density at radius 1 is 0.639 bits per heavy atom. The molecule has 0 nitrogen and oxygen atoms in total. The van der Waals surface area contributed by atoms with Crippen LogP contribution in [-0.4, -0.2) is 0 Å². The van der Waals surface area contributed by atoms with Gasteiger partial charge in [0.1, 0.15) is 0 Å². The van der Waals surface area contributed by atoms with Gasteiger partial charge >= 0.3 is 0 Å². The topological polar surface area (TPSA) is 0 Å². The molecule has 36 heavy (non-hydrogen) atoms. The molecule has 0 N–H and O–H groups in total. The zero-order valence-electron chi connectivity index (χ0n) is 24.3. The first-order valence-corrected chi connectivity index (χ1v) is 12.8. The maximum absolute atomic E-state index is 3.93. The molecule has 3 aromatic rings. The van der Waals surface area contributed by atoms with Gasteiger partial charge in [0.05, 0.1) is 0 Å². The van der Waals surface area contributed by atoms with Gasteiger partial charge in [0.2, 0.25) is 0 Å². The smallest absolute Gasteiger partial charge is 0.0132 e. The van der Waals surface area contributed by atoms with Crippen molar-refractivity contribution >= 4 is 11.1 Å². The molecule has 3 aromatic carbocycles. The standard InChI is InChI=1S/C15H14.C13H18.C6H10.C2H6/c1-12(2)13-8-10-15(11-9-13)14-6-4-3-5-7-14;1-10(2)11-6-8-12(9-7-11)13(3,4)5;1-4-6(3)5-2;1-2/h3-11H,1H2,2H3;6-9H,1H2,2-5H3;4-5H,1H2,2-3H3;1-2H3/b;;6-5-;. The van der Waals surface area contributed by atoms with Crippen molar-refractivity contribution in [3.05, 3.63) is 133 Å². The van der Waals surface area contributed by atoms with Crippen LogP contribution < -0.4 is 0 Å². The van der Waals surface area contributed by atoms with E-state index in [0.29, 0.717) is 0 Å². The zero-order valence-corrected chi connectivity index (χ0v) is 24.3. The number of benzene rings is 3. The molecule has 0 aliphatic rings. The highest BCUT2D eigenvalue weighted by molar-refractivity contribution is 5.68. The number of hydrogen-bond donors (Lipinski definition) is 0. The Bertz CT molecular complexity index is 1070. The van der Waals surface area contributed by atoms with Gasteiger partial charge in [-0.15, -0.1) is 0 Å². The number of rotatable bonds is 4. The molecule has 0 radical (unpaired) electrons. The average Bonchev–Trinajstić information content (AvgIpc) is 2.90. The maximum Gasteiger partial charge on any atom is -0.0132 e. The van der Waals surface area contributed by atoms with E-state index in [1.54, 1.807) is 0 Å². The van der Waals surface area contributed by atoms with Crippen LogP contribution in [0.3, 0.4) is 0 Å². The summed E-state index contributed by atoms with van der Waals surface area (Å²) in [7, 11) is 0. The first-order chi connectivity index (χ1) is 17.0. The predicted octanol–water partition coefficient (Wildman–Crippen LogP) is 11.6. The summed E-state index contributed by atoms with van der Waals surface area (Å²) in [6.07, 6.45) is 3.85. The highest BCUT2D eigenvalue weighted by Crippen LogP contribution is 2.24. The fraction of sp³-hybridized carbons (Fsp3) is 0.278. The van der Waals surface area contributed by atoms with Gasteiger partial charge in [0, 0.05) is 0 Å². The summed E-state index contributed by atoms with van der Waals surface area (Å²) in [5, 5.41) is 0. The van der Waals surface area contributed by atoms with Crippen molar-refractivity contribution in [2.45, 2.75) is 67.7 Å². The summed E-state index contributed by atoms with van der Waals surface area (Å²) >= 11 is 0. The van der Waals surface area contributed by atoms with E-state index in [9.17, 15) is 0 Å². The summed E-state index contributed by atoms with van der Waals surface area (Å²) in [4.78, 5) is 0. The van der Waals surface area contributed by atoms with Crippen LogP contribution in [0.25, 0.3) is 22.3 Å². The summed E-state index contributed by atoms with van der Waals surface area (Å²) in [5.41, 5.74) is 10.0. The highest BCUT2D eigenvalue weighted by Gasteiger charge is 2.12. The monoisotopic (exact) mass is 480 g/mol. The minimum atomic E-state index is 0.244. The van der Waals surface area contributed by atoms with Gasteiger partial charge in [0.25, 0.3) is 0 Å². The van der Waals surface area contributed by atoms with Crippen molar-refractivity contribution in [1.29, 1.82) is 0 Å². The highest BCUT2D eigenvalue weighted by atomic mass is 14.2. The van der Waals surface area contributed by atoms with E-state index < -0.39 is 0 Å². The van der Waals surface area contributed by atoms with Crippen molar-refractivity contribution in [2.75, 3.05) is 0 Å². The maximum atomic E-state index is 3.93. The Kier molecular flexibility index (Phi) is 15.5. The lowest BCUT2D eigenvalue weighted by molar-refractivity contribution is 0.590. The van der Waals surface area contributed by atoms with Crippen LogP contribution in [0.2, 0.25) is 0 Å². The lowest BCUT2D eigenvalue weighted by Crippen LogP contribution is -2.10. The molecule has 0 aliphatic carbocycles. The Hall–Kier alpha value is -3.38. The van der Waals surface area contributed by atoms with Crippen molar-refractivity contribution in [3.63, 3.8) is 0 Å². The minimum absolute atomic E-state index is 0.244. The van der Waals surface area contributed by atoms with Crippen LogP contribution in [0.4, 0.5) is 0 Å². The molecule has 0 saturated carbocycles. The lowest BCUT2D eigenvalue weighted by atomic mass is 9.86. The van der Waals surface area contributed by atoms with Gasteiger partial charge in [-0.1, -0.05) is 162 Å². The molecule has 0 aromatic heterocycles. The molecule has 0 saturated heterocycles. The van der Waals surface area contributed by atoms with E-state index in [2.05, 4.69) is 113 Å². The molecule has 0 aliphatic heterocycles. The summed E-state index contributed by atoms with van der Waals surface area (Å²) in [6, 6.07) is 27.6. The van der Waals surface area contributed by atoms with Crippen LogP contribution >= 0.6 is 0 Å². The molecule has 0 heteroatoms. The normalized spacial score (nSPS) is 10.3. The molecule has 0 amide bonds. The fourth-order valence-corrected chi connectivity index (χ4v) is 2.95. The van der Waals surface area contributed by atoms with E-state index in [1.165, 1.54) is 33.4 Å². The van der Waals surface area contributed by atoms with E-state index >= 15 is 0 Å². The van der Waals surface area contributed by atoms with Crippen molar-refractivity contribution in [3.8, 4) is 11.1 Å². The van der Waals surface area contributed by atoms with Gasteiger partial charge in [-0.2, -0.15) is 0 Å². The van der Waals surface area contributed by atoms with Gasteiger partial charge in [-0.3, -0.25) is 0 Å². The first kappa shape index (κ1) is 32.6. The second kappa shape index (κ2) is 17.1. The van der Waals surface area contributed by atoms with Gasteiger partial charge in [-0.05, 0) is 60.9 Å². The Morgan fingerprint density at radius 3 is 1.33 bits per heavy atom. The fourth-order valence-electron chi connectivity index (χ4n) is 2.95. The van der Waals surface area contributed by atoms with E-state index in [0.717, 1.165) is 11.1 Å². The lowest BCUT2D eigenvalue weighted by Gasteiger charge is -2.19. The van der Waals surface area contributed by atoms with Crippen LogP contribution in [0, 0.1) is 0 Å². The van der Waals surface area contributed by atoms with Crippen LogP contribution in [0.5, 0.6) is 0 Å². The molecule has 192 valence electrons. The minimum Gasteiger partial charge on any atom is -0.0988 e. The third-order valence-electron chi connectivity index (χ3n) is 5.51. The molecule has 0 bridgehead atoms. The van der Waals surface area contributed by atoms with Crippen molar-refractivity contribution in [1.82, 2.24) is 0 Å². The SMILES string of the molecule is C=C(C)c1ccc(-c2ccccc2)cc1.C=C(C)c1ccc(C(C)(C)C)cc1.C=C/C(C)=C\C.CC. The van der Waals surface area contributed by atoms with E-state index in [4.69, 9.17) is 0 Å².